The Morgan fingerprint density at radius 1 is 1.26 bits per heavy atom. The molecule has 2 atom stereocenters. The average Bonchev–Trinajstić information content (AvgIpc) is 3.34. The van der Waals surface area contributed by atoms with Crippen molar-refractivity contribution < 1.29 is 0 Å². The minimum absolute atomic E-state index is 0. The minimum atomic E-state index is 0. The van der Waals surface area contributed by atoms with Crippen LogP contribution >= 0.6 is 24.0 Å². The van der Waals surface area contributed by atoms with Crippen LogP contribution in [-0.4, -0.2) is 23.5 Å². The first-order valence-electron chi connectivity index (χ1n) is 8.81. The molecule has 4 nitrogen and oxygen atoms in total. The topological polar surface area (TPSA) is 49.3 Å². The number of pyridine rings is 1. The van der Waals surface area contributed by atoms with Crippen LogP contribution in [0.15, 0.2) is 29.4 Å². The van der Waals surface area contributed by atoms with Gasteiger partial charge in [-0.3, -0.25) is 4.98 Å². The van der Waals surface area contributed by atoms with E-state index >= 15 is 0 Å². The van der Waals surface area contributed by atoms with Crippen molar-refractivity contribution in [2.45, 2.75) is 58.0 Å². The normalized spacial score (nSPS) is 24.7. The molecule has 1 aromatic heterocycles. The van der Waals surface area contributed by atoms with Crippen molar-refractivity contribution in [3.05, 3.63) is 30.1 Å². The van der Waals surface area contributed by atoms with Gasteiger partial charge in [0.25, 0.3) is 0 Å². The van der Waals surface area contributed by atoms with Gasteiger partial charge in [0, 0.05) is 18.8 Å². The summed E-state index contributed by atoms with van der Waals surface area (Å²) in [4.78, 5) is 9.01. The van der Waals surface area contributed by atoms with Gasteiger partial charge in [0.15, 0.2) is 5.96 Å². The van der Waals surface area contributed by atoms with E-state index in [0.29, 0.717) is 12.6 Å². The Morgan fingerprint density at radius 3 is 2.78 bits per heavy atom. The van der Waals surface area contributed by atoms with Crippen molar-refractivity contribution in [1.29, 1.82) is 0 Å². The summed E-state index contributed by atoms with van der Waals surface area (Å²) in [6.07, 6.45) is 10.3. The van der Waals surface area contributed by atoms with Crippen molar-refractivity contribution in [2.24, 2.45) is 16.8 Å². The molecule has 128 valence electrons. The second-order valence-electron chi connectivity index (χ2n) is 6.56. The molecule has 0 amide bonds. The first-order valence-corrected chi connectivity index (χ1v) is 8.81. The lowest BCUT2D eigenvalue weighted by atomic mass is 9.85. The van der Waals surface area contributed by atoms with Gasteiger partial charge in [0.05, 0.1) is 12.2 Å². The Bertz CT molecular complexity index is 485. The van der Waals surface area contributed by atoms with Crippen LogP contribution in [0.5, 0.6) is 0 Å². The Balaban J connectivity index is 0.00000192. The zero-order valence-corrected chi connectivity index (χ0v) is 16.3. The molecule has 2 N–H and O–H groups in total. The summed E-state index contributed by atoms with van der Waals surface area (Å²) in [6, 6.07) is 6.60. The molecular weight excluding hydrogens is 399 g/mol. The van der Waals surface area contributed by atoms with Gasteiger partial charge in [-0.05, 0) is 37.3 Å². The fraction of sp³-hybridized carbons (Fsp3) is 0.667. The molecule has 1 aromatic rings. The van der Waals surface area contributed by atoms with Gasteiger partial charge in [-0.25, -0.2) is 4.99 Å². The summed E-state index contributed by atoms with van der Waals surface area (Å²) in [5, 5.41) is 6.98. The molecule has 1 heterocycles. The number of hydrogen-bond acceptors (Lipinski definition) is 2. The molecule has 0 saturated heterocycles. The fourth-order valence-corrected chi connectivity index (χ4v) is 3.61. The standard InChI is InChI=1S/C18H28N4.HI/c1-2-19-18(21-13-15-10-6-7-11-20-15)22-17-12-16(17)14-8-4-3-5-9-14;/h6-7,10-11,14,16-17H,2-5,8-9,12-13H2,1H3,(H2,19,21,22);1H. The number of hydrogen-bond donors (Lipinski definition) is 2. The van der Waals surface area contributed by atoms with Gasteiger partial charge >= 0.3 is 0 Å². The Hall–Kier alpha value is -0.850. The highest BCUT2D eigenvalue weighted by molar-refractivity contribution is 14.0. The summed E-state index contributed by atoms with van der Waals surface area (Å²) in [7, 11) is 0. The van der Waals surface area contributed by atoms with Crippen molar-refractivity contribution in [1.82, 2.24) is 15.6 Å². The van der Waals surface area contributed by atoms with E-state index in [-0.39, 0.29) is 24.0 Å². The van der Waals surface area contributed by atoms with Crippen molar-refractivity contribution in [2.75, 3.05) is 6.54 Å². The van der Waals surface area contributed by atoms with Crippen LogP contribution in [0.25, 0.3) is 0 Å². The van der Waals surface area contributed by atoms with Crippen molar-refractivity contribution in [3.8, 4) is 0 Å². The minimum Gasteiger partial charge on any atom is -0.357 e. The van der Waals surface area contributed by atoms with E-state index in [2.05, 4.69) is 27.5 Å². The highest BCUT2D eigenvalue weighted by atomic mass is 127. The fourth-order valence-electron chi connectivity index (χ4n) is 3.61. The zero-order valence-electron chi connectivity index (χ0n) is 14.0. The second-order valence-corrected chi connectivity index (χ2v) is 6.56. The van der Waals surface area contributed by atoms with E-state index in [4.69, 9.17) is 0 Å². The maximum Gasteiger partial charge on any atom is 0.191 e. The summed E-state index contributed by atoms with van der Waals surface area (Å²) < 4.78 is 0. The number of aromatic nitrogens is 1. The first-order chi connectivity index (χ1) is 10.9. The SMILES string of the molecule is CCNC(=NCc1ccccn1)NC1CC1C1CCCCC1.I. The summed E-state index contributed by atoms with van der Waals surface area (Å²) >= 11 is 0. The molecule has 2 aliphatic carbocycles. The molecule has 2 aliphatic rings. The van der Waals surface area contributed by atoms with Crippen LogP contribution in [0.3, 0.4) is 0 Å². The highest BCUT2D eigenvalue weighted by Gasteiger charge is 2.43. The molecule has 2 saturated carbocycles. The van der Waals surface area contributed by atoms with E-state index in [0.717, 1.165) is 30.0 Å². The van der Waals surface area contributed by atoms with Crippen LogP contribution in [-0.2, 0) is 6.54 Å². The Morgan fingerprint density at radius 2 is 2.09 bits per heavy atom. The monoisotopic (exact) mass is 428 g/mol. The molecule has 0 aromatic carbocycles. The second kappa shape index (κ2) is 9.45. The quantitative estimate of drug-likeness (QED) is 0.427. The highest BCUT2D eigenvalue weighted by Crippen LogP contribution is 2.44. The number of rotatable bonds is 5. The maximum absolute atomic E-state index is 4.68. The lowest BCUT2D eigenvalue weighted by Gasteiger charge is -2.22. The first kappa shape index (κ1) is 18.5. The average molecular weight is 428 g/mol. The number of aliphatic imine (C=N–C) groups is 1. The van der Waals surface area contributed by atoms with E-state index in [1.165, 1.54) is 38.5 Å². The summed E-state index contributed by atoms with van der Waals surface area (Å²) in [6.45, 7) is 3.65. The predicted molar refractivity (Wildman–Crippen MR) is 106 cm³/mol. The molecule has 5 heteroatoms. The number of guanidine groups is 1. The molecule has 0 bridgehead atoms. The molecular formula is C18H29IN4. The summed E-state index contributed by atoms with van der Waals surface area (Å²) in [5.74, 6) is 2.76. The van der Waals surface area contributed by atoms with Crippen LogP contribution in [0.2, 0.25) is 0 Å². The van der Waals surface area contributed by atoms with E-state index in [1.807, 2.05) is 24.4 Å². The summed E-state index contributed by atoms with van der Waals surface area (Å²) in [5.41, 5.74) is 1.01. The molecule has 0 aliphatic heterocycles. The third kappa shape index (κ3) is 5.62. The Kier molecular flexibility index (Phi) is 7.59. The third-order valence-corrected chi connectivity index (χ3v) is 4.89. The van der Waals surface area contributed by atoms with Crippen LogP contribution < -0.4 is 10.6 Å². The molecule has 2 unspecified atom stereocenters. The van der Waals surface area contributed by atoms with Gasteiger partial charge in [-0.2, -0.15) is 0 Å². The molecule has 2 fully saturated rings. The number of nitrogens with one attached hydrogen (secondary N) is 2. The van der Waals surface area contributed by atoms with Gasteiger partial charge in [0.2, 0.25) is 0 Å². The van der Waals surface area contributed by atoms with Crippen molar-refractivity contribution in [3.63, 3.8) is 0 Å². The van der Waals surface area contributed by atoms with Gasteiger partial charge in [-0.15, -0.1) is 24.0 Å². The van der Waals surface area contributed by atoms with Gasteiger partial charge in [-0.1, -0.05) is 38.2 Å². The molecule has 0 radical (unpaired) electrons. The maximum atomic E-state index is 4.68. The van der Waals surface area contributed by atoms with Crippen LogP contribution in [0, 0.1) is 11.8 Å². The predicted octanol–water partition coefficient (Wildman–Crippen LogP) is 3.72. The number of nitrogens with zero attached hydrogens (tertiary/aromatic N) is 2. The van der Waals surface area contributed by atoms with E-state index < -0.39 is 0 Å². The lowest BCUT2D eigenvalue weighted by molar-refractivity contribution is 0.315. The number of halogens is 1. The van der Waals surface area contributed by atoms with Gasteiger partial charge in [0.1, 0.15) is 0 Å². The van der Waals surface area contributed by atoms with Crippen molar-refractivity contribution >= 4 is 29.9 Å². The largest absolute Gasteiger partial charge is 0.357 e. The third-order valence-electron chi connectivity index (χ3n) is 4.89. The van der Waals surface area contributed by atoms with Crippen LogP contribution in [0.4, 0.5) is 0 Å². The Labute approximate surface area is 157 Å². The van der Waals surface area contributed by atoms with E-state index in [1.54, 1.807) is 0 Å². The molecule has 3 rings (SSSR count). The van der Waals surface area contributed by atoms with Crippen LogP contribution in [0.1, 0.15) is 51.1 Å². The van der Waals surface area contributed by atoms with Gasteiger partial charge < -0.3 is 10.6 Å². The molecule has 23 heavy (non-hydrogen) atoms. The molecule has 0 spiro atoms. The zero-order chi connectivity index (χ0) is 15.2. The smallest absolute Gasteiger partial charge is 0.191 e. The van der Waals surface area contributed by atoms with E-state index in [9.17, 15) is 0 Å². The lowest BCUT2D eigenvalue weighted by Crippen LogP contribution is -2.39.